The van der Waals surface area contributed by atoms with Gasteiger partial charge in [0.05, 0.1) is 30.3 Å². The number of hydrogen-bond donors (Lipinski definition) is 1. The summed E-state index contributed by atoms with van der Waals surface area (Å²) in [5.74, 6) is 0.268. The summed E-state index contributed by atoms with van der Waals surface area (Å²) in [5.41, 5.74) is -0.648. The fourth-order valence-electron chi connectivity index (χ4n) is 7.91. The summed E-state index contributed by atoms with van der Waals surface area (Å²) < 4.78 is 62.7. The Kier molecular flexibility index (Phi) is 9.37. The minimum atomic E-state index is -4.51. The van der Waals surface area contributed by atoms with Crippen LogP contribution >= 0.6 is 0 Å². The molecule has 0 spiro atoms. The third-order valence-electron chi connectivity index (χ3n) is 10.4. The largest absolute Gasteiger partial charge is 0.449 e. The Morgan fingerprint density at radius 2 is 1.95 bits per heavy atom. The molecule has 0 radical (unpaired) electrons. The summed E-state index contributed by atoms with van der Waals surface area (Å²) in [4.78, 5) is 35.1. The predicted octanol–water partition coefficient (Wildman–Crippen LogP) is 3.41. The van der Waals surface area contributed by atoms with E-state index in [1.807, 2.05) is 0 Å². The van der Waals surface area contributed by atoms with Gasteiger partial charge in [0.1, 0.15) is 0 Å². The van der Waals surface area contributed by atoms with Gasteiger partial charge >= 0.3 is 12.3 Å². The van der Waals surface area contributed by atoms with Gasteiger partial charge in [0, 0.05) is 83.5 Å². The normalized spacial score (nSPS) is 31.1. The summed E-state index contributed by atoms with van der Waals surface area (Å²) in [5, 5.41) is 3.73. The van der Waals surface area contributed by atoms with Crippen molar-refractivity contribution in [1.82, 2.24) is 20.1 Å². The van der Waals surface area contributed by atoms with Gasteiger partial charge < -0.3 is 34.1 Å². The van der Waals surface area contributed by atoms with E-state index in [-0.39, 0.29) is 43.1 Å². The number of fused-ring (bicyclic) bond motifs is 2. The number of rotatable bonds is 7. The minimum absolute atomic E-state index is 0.0342. The number of carbonyl (C=O) groups is 2. The molecular weight excluding hydrogens is 581 g/mol. The molecule has 4 aliphatic heterocycles. The first-order valence-corrected chi connectivity index (χ1v) is 15.9. The van der Waals surface area contributed by atoms with E-state index in [1.54, 1.807) is 16.9 Å². The molecule has 44 heavy (non-hydrogen) atoms. The maximum Gasteiger partial charge on any atom is 0.417 e. The number of carbonyl (C=O) groups excluding carboxylic acids is 2. The van der Waals surface area contributed by atoms with Crippen LogP contribution in [0.4, 0.5) is 18.0 Å². The van der Waals surface area contributed by atoms with Crippen LogP contribution in [0.3, 0.4) is 0 Å². The van der Waals surface area contributed by atoms with Crippen molar-refractivity contribution in [2.75, 3.05) is 59.8 Å². The molecule has 10 nitrogen and oxygen atoms in total. The standard InChI is InChI=1S/C31H43F3N4O6/c1-41-27-18-43-10-6-26(27)36-24-13-23-17-38(29(40)44-11-5-20-3-8-42-9-4-20)19-30(23,14-24)28(39)37-7-2-25-21(16-37)12-22(15-35-25)31(32,33)34/h12,15,20,23-24,26-27,36H,2-11,13-14,16-19H2,1H3/t23?,24?,26-,27+,30?/m1/s1. The monoisotopic (exact) mass is 624 g/mol. The molecule has 244 valence electrons. The summed E-state index contributed by atoms with van der Waals surface area (Å²) in [7, 11) is 1.67. The predicted molar refractivity (Wildman–Crippen MR) is 152 cm³/mol. The summed E-state index contributed by atoms with van der Waals surface area (Å²) in [6, 6.07) is 1.24. The average molecular weight is 625 g/mol. The Hall–Kier alpha value is -2.48. The van der Waals surface area contributed by atoms with Crippen LogP contribution in [-0.2, 0) is 42.9 Å². The van der Waals surface area contributed by atoms with Crippen LogP contribution in [0.15, 0.2) is 12.3 Å². The van der Waals surface area contributed by atoms with Gasteiger partial charge in [-0.2, -0.15) is 13.2 Å². The first-order chi connectivity index (χ1) is 21.2. The Labute approximate surface area is 255 Å². The average Bonchev–Trinajstić information content (AvgIpc) is 3.55. The number of methoxy groups -OCH3 is 1. The van der Waals surface area contributed by atoms with E-state index in [0.29, 0.717) is 69.3 Å². The maximum atomic E-state index is 14.5. The maximum absolute atomic E-state index is 14.5. The molecule has 6 rings (SSSR count). The van der Waals surface area contributed by atoms with Crippen molar-refractivity contribution < 1.29 is 41.7 Å². The third kappa shape index (κ3) is 6.56. The molecule has 0 aromatic carbocycles. The lowest BCUT2D eigenvalue weighted by atomic mass is 9.78. The molecule has 1 aromatic heterocycles. The lowest BCUT2D eigenvalue weighted by Crippen LogP contribution is -2.52. The molecule has 5 aliphatic rings. The van der Waals surface area contributed by atoms with Crippen molar-refractivity contribution in [3.05, 3.63) is 29.1 Å². The topological polar surface area (TPSA) is 102 Å². The number of amides is 2. The second-order valence-corrected chi connectivity index (χ2v) is 13.0. The van der Waals surface area contributed by atoms with E-state index in [9.17, 15) is 22.8 Å². The molecule has 5 atom stereocenters. The highest BCUT2D eigenvalue weighted by molar-refractivity contribution is 5.86. The number of hydrogen-bond acceptors (Lipinski definition) is 8. The van der Waals surface area contributed by atoms with Gasteiger partial charge in [-0.1, -0.05) is 0 Å². The number of aromatic nitrogens is 1. The molecule has 1 aromatic rings. The number of halogens is 3. The molecule has 4 fully saturated rings. The van der Waals surface area contributed by atoms with Gasteiger partial charge in [0.2, 0.25) is 5.91 Å². The van der Waals surface area contributed by atoms with E-state index >= 15 is 0 Å². The Bertz CT molecular complexity index is 1200. The smallest absolute Gasteiger partial charge is 0.417 e. The molecule has 0 bridgehead atoms. The number of nitrogens with zero attached hydrogens (tertiary/aromatic N) is 3. The zero-order valence-corrected chi connectivity index (χ0v) is 25.3. The van der Waals surface area contributed by atoms with Crippen molar-refractivity contribution in [3.63, 3.8) is 0 Å². The van der Waals surface area contributed by atoms with E-state index in [1.165, 1.54) is 0 Å². The van der Waals surface area contributed by atoms with E-state index < -0.39 is 23.2 Å². The molecule has 1 N–H and O–H groups in total. The van der Waals surface area contributed by atoms with Gasteiger partial charge in [-0.15, -0.1) is 0 Å². The SMILES string of the molecule is CO[C@H]1COCC[C@H]1NC1CC2CN(C(=O)OCCC3CCOCC3)CC2(C(=O)N2CCc3ncc(C(F)(F)F)cc3C2)C1. The van der Waals surface area contributed by atoms with Crippen LogP contribution in [0.5, 0.6) is 0 Å². The van der Waals surface area contributed by atoms with Gasteiger partial charge in [-0.25, -0.2) is 4.79 Å². The van der Waals surface area contributed by atoms with E-state index in [0.717, 1.165) is 51.2 Å². The minimum Gasteiger partial charge on any atom is -0.449 e. The molecule has 2 amide bonds. The summed E-state index contributed by atoms with van der Waals surface area (Å²) in [6.07, 6.45) is 0.985. The summed E-state index contributed by atoms with van der Waals surface area (Å²) >= 11 is 0. The highest BCUT2D eigenvalue weighted by Gasteiger charge is 2.60. The number of ether oxygens (including phenoxy) is 4. The molecule has 13 heteroatoms. The number of nitrogens with one attached hydrogen (secondary N) is 1. The number of pyridine rings is 1. The second kappa shape index (κ2) is 13.1. The number of alkyl halides is 3. The Balaban J connectivity index is 1.17. The fraction of sp³-hybridized carbons (Fsp3) is 0.774. The van der Waals surface area contributed by atoms with E-state index in [2.05, 4.69) is 10.3 Å². The molecular formula is C31H43F3N4O6. The molecule has 3 unspecified atom stereocenters. The van der Waals surface area contributed by atoms with Crippen molar-refractivity contribution in [3.8, 4) is 0 Å². The Morgan fingerprint density at radius 3 is 2.73 bits per heavy atom. The van der Waals surface area contributed by atoms with Crippen molar-refractivity contribution in [1.29, 1.82) is 0 Å². The van der Waals surface area contributed by atoms with Crippen LogP contribution in [0.2, 0.25) is 0 Å². The van der Waals surface area contributed by atoms with Gasteiger partial charge in [0.15, 0.2) is 0 Å². The first kappa shape index (κ1) is 31.5. The molecule has 5 heterocycles. The van der Waals surface area contributed by atoms with Crippen molar-refractivity contribution >= 4 is 12.0 Å². The van der Waals surface area contributed by atoms with E-state index in [4.69, 9.17) is 18.9 Å². The molecule has 3 saturated heterocycles. The molecule has 1 aliphatic carbocycles. The fourth-order valence-corrected chi connectivity index (χ4v) is 7.91. The summed E-state index contributed by atoms with van der Waals surface area (Å²) in [6.45, 7) is 4.02. The Morgan fingerprint density at radius 1 is 1.16 bits per heavy atom. The number of likely N-dealkylation sites (tertiary alicyclic amines) is 1. The van der Waals surface area contributed by atoms with Gasteiger partial charge in [0.25, 0.3) is 0 Å². The lowest BCUT2D eigenvalue weighted by Gasteiger charge is -2.37. The zero-order chi connectivity index (χ0) is 30.9. The first-order valence-electron chi connectivity index (χ1n) is 15.9. The van der Waals surface area contributed by atoms with Crippen LogP contribution < -0.4 is 5.32 Å². The van der Waals surface area contributed by atoms with Crippen LogP contribution in [0, 0.1) is 17.3 Å². The quantitative estimate of drug-likeness (QED) is 0.493. The van der Waals surface area contributed by atoms with Gasteiger partial charge in [-0.3, -0.25) is 9.78 Å². The van der Waals surface area contributed by atoms with Crippen LogP contribution in [-0.4, -0.2) is 105 Å². The van der Waals surface area contributed by atoms with Crippen LogP contribution in [0.25, 0.3) is 0 Å². The lowest BCUT2D eigenvalue weighted by molar-refractivity contribution is -0.143. The highest BCUT2D eigenvalue weighted by Crippen LogP contribution is 2.51. The van der Waals surface area contributed by atoms with Crippen molar-refractivity contribution in [2.45, 2.75) is 75.9 Å². The van der Waals surface area contributed by atoms with Gasteiger partial charge in [-0.05, 0) is 62.0 Å². The third-order valence-corrected chi connectivity index (χ3v) is 10.4. The van der Waals surface area contributed by atoms with Crippen molar-refractivity contribution in [2.24, 2.45) is 17.3 Å². The zero-order valence-electron chi connectivity index (χ0n) is 25.3. The highest BCUT2D eigenvalue weighted by atomic mass is 19.4. The second-order valence-electron chi connectivity index (χ2n) is 13.0. The molecule has 1 saturated carbocycles. The van der Waals surface area contributed by atoms with Crippen LogP contribution in [0.1, 0.15) is 55.3 Å².